The van der Waals surface area contributed by atoms with Crippen LogP contribution < -0.4 is 15.2 Å². The number of hydrogen-bond donors (Lipinski definition) is 1. The number of benzene rings is 1. The van der Waals surface area contributed by atoms with Gasteiger partial charge in [0.05, 0.1) is 7.11 Å². The van der Waals surface area contributed by atoms with Crippen LogP contribution in [0.4, 0.5) is 0 Å². The van der Waals surface area contributed by atoms with Crippen LogP contribution in [0.5, 0.6) is 11.5 Å². The Morgan fingerprint density at radius 3 is 2.87 bits per heavy atom. The van der Waals surface area contributed by atoms with E-state index in [-0.39, 0.29) is 6.61 Å². The summed E-state index contributed by atoms with van der Waals surface area (Å²) >= 11 is 0. The van der Waals surface area contributed by atoms with Crippen molar-refractivity contribution in [2.45, 2.75) is 6.42 Å². The summed E-state index contributed by atoms with van der Waals surface area (Å²) in [6, 6.07) is 7.45. The van der Waals surface area contributed by atoms with E-state index in [1.807, 2.05) is 18.2 Å². The molecule has 0 saturated carbocycles. The summed E-state index contributed by atoms with van der Waals surface area (Å²) < 4.78 is 10.4. The lowest BCUT2D eigenvalue weighted by Gasteiger charge is -2.10. The molecule has 0 fully saturated rings. The summed E-state index contributed by atoms with van der Waals surface area (Å²) in [6.45, 7) is 0.583. The van der Waals surface area contributed by atoms with Gasteiger partial charge in [0.2, 0.25) is 0 Å². The van der Waals surface area contributed by atoms with E-state index in [0.717, 1.165) is 12.0 Å². The first-order valence-corrected chi connectivity index (χ1v) is 4.68. The lowest BCUT2D eigenvalue weighted by atomic mass is 10.1. The monoisotopic (exact) mass is 206 g/mol. The van der Waals surface area contributed by atoms with Gasteiger partial charge in [-0.2, -0.15) is 5.26 Å². The van der Waals surface area contributed by atoms with E-state index < -0.39 is 0 Å². The van der Waals surface area contributed by atoms with Crippen LogP contribution in [0.25, 0.3) is 0 Å². The van der Waals surface area contributed by atoms with Gasteiger partial charge in [-0.1, -0.05) is 6.07 Å². The molecule has 0 aliphatic rings. The zero-order chi connectivity index (χ0) is 11.1. The van der Waals surface area contributed by atoms with Gasteiger partial charge in [0.25, 0.3) is 0 Å². The molecule has 4 nitrogen and oxygen atoms in total. The van der Waals surface area contributed by atoms with Crippen molar-refractivity contribution in [3.05, 3.63) is 23.8 Å². The second kappa shape index (κ2) is 5.89. The molecule has 15 heavy (non-hydrogen) atoms. The summed E-state index contributed by atoms with van der Waals surface area (Å²) in [5.74, 6) is 1.38. The molecule has 4 heteroatoms. The van der Waals surface area contributed by atoms with Gasteiger partial charge in [-0.25, -0.2) is 0 Å². The van der Waals surface area contributed by atoms with Gasteiger partial charge in [-0.3, -0.25) is 0 Å². The first-order chi connectivity index (χ1) is 7.31. The summed E-state index contributed by atoms with van der Waals surface area (Å²) in [5.41, 5.74) is 6.47. The van der Waals surface area contributed by atoms with Gasteiger partial charge in [0.15, 0.2) is 6.61 Å². The van der Waals surface area contributed by atoms with Crippen molar-refractivity contribution in [3.63, 3.8) is 0 Å². The molecule has 80 valence electrons. The Morgan fingerprint density at radius 2 is 2.27 bits per heavy atom. The second-order valence-electron chi connectivity index (χ2n) is 2.96. The first kappa shape index (κ1) is 11.3. The van der Waals surface area contributed by atoms with Crippen LogP contribution in [0, 0.1) is 11.3 Å². The van der Waals surface area contributed by atoms with Crippen LogP contribution >= 0.6 is 0 Å². The van der Waals surface area contributed by atoms with E-state index in [4.69, 9.17) is 20.5 Å². The third-order valence-corrected chi connectivity index (χ3v) is 1.98. The Bertz CT molecular complexity index is 358. The SMILES string of the molecule is COc1ccc(CCN)c(OCC#N)c1. The van der Waals surface area contributed by atoms with Crippen LogP contribution in [-0.2, 0) is 6.42 Å². The molecule has 1 rings (SSSR count). The number of nitrogens with zero attached hydrogens (tertiary/aromatic N) is 1. The molecule has 0 aromatic heterocycles. The van der Waals surface area contributed by atoms with Crippen molar-refractivity contribution in [3.8, 4) is 17.6 Å². The third kappa shape index (κ3) is 3.15. The average Bonchev–Trinajstić information content (AvgIpc) is 2.28. The van der Waals surface area contributed by atoms with E-state index in [1.54, 1.807) is 13.2 Å². The zero-order valence-corrected chi connectivity index (χ0v) is 8.69. The summed E-state index contributed by atoms with van der Waals surface area (Å²) in [5, 5.41) is 8.44. The van der Waals surface area contributed by atoms with Crippen molar-refractivity contribution in [1.82, 2.24) is 0 Å². The Labute approximate surface area is 89.2 Å². The minimum atomic E-state index is 0.0325. The molecule has 0 radical (unpaired) electrons. The smallest absolute Gasteiger partial charge is 0.174 e. The van der Waals surface area contributed by atoms with E-state index in [2.05, 4.69) is 0 Å². The predicted octanol–water partition coefficient (Wildman–Crippen LogP) is 1.10. The fourth-order valence-electron chi connectivity index (χ4n) is 1.27. The first-order valence-electron chi connectivity index (χ1n) is 4.68. The minimum Gasteiger partial charge on any atom is -0.497 e. The van der Waals surface area contributed by atoms with Crippen LogP contribution in [0.15, 0.2) is 18.2 Å². The molecule has 0 spiro atoms. The number of nitrogens with two attached hydrogens (primary N) is 1. The average molecular weight is 206 g/mol. The Hall–Kier alpha value is -1.73. The Morgan fingerprint density at radius 1 is 1.47 bits per heavy atom. The standard InChI is InChI=1S/C11H14N2O2/c1-14-10-3-2-9(4-5-12)11(8-10)15-7-6-13/h2-3,8H,4-5,7,12H2,1H3. The molecule has 0 unspecified atom stereocenters. The fraction of sp³-hybridized carbons (Fsp3) is 0.364. The molecule has 0 heterocycles. The maximum atomic E-state index is 8.44. The van der Waals surface area contributed by atoms with Gasteiger partial charge >= 0.3 is 0 Å². The molecule has 0 saturated heterocycles. The van der Waals surface area contributed by atoms with Crippen LogP contribution in [0.2, 0.25) is 0 Å². The molecule has 0 amide bonds. The van der Waals surface area contributed by atoms with E-state index in [1.165, 1.54) is 0 Å². The molecule has 0 aliphatic carbocycles. The highest BCUT2D eigenvalue weighted by Gasteiger charge is 2.04. The number of nitriles is 1. The van der Waals surface area contributed by atoms with Crippen LogP contribution in [-0.4, -0.2) is 20.3 Å². The number of methoxy groups -OCH3 is 1. The highest BCUT2D eigenvalue weighted by atomic mass is 16.5. The van der Waals surface area contributed by atoms with E-state index in [0.29, 0.717) is 18.0 Å². The van der Waals surface area contributed by atoms with Gasteiger partial charge in [-0.15, -0.1) is 0 Å². The molecule has 0 bridgehead atoms. The normalized spacial score (nSPS) is 9.40. The van der Waals surface area contributed by atoms with Crippen LogP contribution in [0.3, 0.4) is 0 Å². The van der Waals surface area contributed by atoms with Gasteiger partial charge < -0.3 is 15.2 Å². The van der Waals surface area contributed by atoms with E-state index in [9.17, 15) is 0 Å². The lowest BCUT2D eigenvalue weighted by Crippen LogP contribution is -2.05. The summed E-state index contributed by atoms with van der Waals surface area (Å²) in [4.78, 5) is 0. The number of hydrogen-bond acceptors (Lipinski definition) is 4. The Kier molecular flexibility index (Phi) is 4.45. The van der Waals surface area contributed by atoms with Crippen molar-refractivity contribution in [2.75, 3.05) is 20.3 Å². The molecular formula is C11H14N2O2. The maximum Gasteiger partial charge on any atom is 0.174 e. The lowest BCUT2D eigenvalue weighted by molar-refractivity contribution is 0.357. The summed E-state index contributed by atoms with van der Waals surface area (Å²) in [6.07, 6.45) is 0.727. The highest BCUT2D eigenvalue weighted by molar-refractivity contribution is 5.41. The minimum absolute atomic E-state index is 0.0325. The topological polar surface area (TPSA) is 68.3 Å². The zero-order valence-electron chi connectivity index (χ0n) is 8.69. The van der Waals surface area contributed by atoms with Crippen LogP contribution in [0.1, 0.15) is 5.56 Å². The van der Waals surface area contributed by atoms with Gasteiger partial charge in [-0.05, 0) is 24.6 Å². The predicted molar refractivity (Wildman–Crippen MR) is 56.9 cm³/mol. The van der Waals surface area contributed by atoms with Gasteiger partial charge in [0, 0.05) is 6.07 Å². The molecule has 2 N–H and O–H groups in total. The van der Waals surface area contributed by atoms with Crippen molar-refractivity contribution in [1.29, 1.82) is 5.26 Å². The highest BCUT2D eigenvalue weighted by Crippen LogP contribution is 2.24. The van der Waals surface area contributed by atoms with Gasteiger partial charge in [0.1, 0.15) is 17.6 Å². The summed E-state index contributed by atoms with van der Waals surface area (Å²) in [7, 11) is 1.59. The maximum absolute atomic E-state index is 8.44. The van der Waals surface area contributed by atoms with Crippen molar-refractivity contribution >= 4 is 0 Å². The number of rotatable bonds is 5. The van der Waals surface area contributed by atoms with E-state index >= 15 is 0 Å². The quantitative estimate of drug-likeness (QED) is 0.783. The third-order valence-electron chi connectivity index (χ3n) is 1.98. The molecule has 1 aromatic carbocycles. The Balaban J connectivity index is 2.89. The second-order valence-corrected chi connectivity index (χ2v) is 2.96. The molecule has 0 aliphatic heterocycles. The molecule has 0 atom stereocenters. The van der Waals surface area contributed by atoms with Crippen molar-refractivity contribution in [2.24, 2.45) is 5.73 Å². The fourth-order valence-corrected chi connectivity index (χ4v) is 1.27. The largest absolute Gasteiger partial charge is 0.497 e. The van der Waals surface area contributed by atoms with Crippen molar-refractivity contribution < 1.29 is 9.47 Å². The molecule has 1 aromatic rings. The molecular weight excluding hydrogens is 192 g/mol. The number of ether oxygens (including phenoxy) is 2.